The molecular formula is C15H14FN3S. The molecule has 2 aromatic carbocycles. The second-order valence-corrected chi connectivity index (χ2v) is 4.95. The van der Waals surface area contributed by atoms with Crippen LogP contribution in [-0.4, -0.2) is 18.4 Å². The predicted octanol–water partition coefficient (Wildman–Crippen LogP) is 2.94. The third-order valence-corrected chi connectivity index (χ3v) is 3.58. The zero-order valence-corrected chi connectivity index (χ0v) is 11.6. The lowest BCUT2D eigenvalue weighted by Crippen LogP contribution is -2.56. The Morgan fingerprint density at radius 3 is 2.50 bits per heavy atom. The Balaban J connectivity index is 1.85. The van der Waals surface area contributed by atoms with Crippen LogP contribution in [0.25, 0.3) is 0 Å². The highest BCUT2D eigenvalue weighted by Gasteiger charge is 2.21. The number of nitrogens with one attached hydrogen (secondary N) is 1. The number of thiocarbonyl (C=S) groups is 1. The normalized spacial score (nSPS) is 15.2. The Bertz CT molecular complexity index is 618. The van der Waals surface area contributed by atoms with Crippen LogP contribution in [0.5, 0.6) is 0 Å². The van der Waals surface area contributed by atoms with Crippen LogP contribution in [0.4, 0.5) is 15.8 Å². The van der Waals surface area contributed by atoms with E-state index in [-0.39, 0.29) is 5.82 Å². The van der Waals surface area contributed by atoms with E-state index >= 15 is 0 Å². The molecule has 3 nitrogen and oxygen atoms in total. The molecule has 102 valence electrons. The molecule has 0 amide bonds. The van der Waals surface area contributed by atoms with E-state index < -0.39 is 0 Å². The maximum atomic E-state index is 13.3. The van der Waals surface area contributed by atoms with Crippen molar-refractivity contribution in [1.29, 1.82) is 0 Å². The smallest absolute Gasteiger partial charge is 0.176 e. The molecular weight excluding hydrogens is 273 g/mol. The van der Waals surface area contributed by atoms with Gasteiger partial charge in [-0.2, -0.15) is 0 Å². The van der Waals surface area contributed by atoms with Gasteiger partial charge < -0.3 is 15.1 Å². The van der Waals surface area contributed by atoms with Crippen molar-refractivity contribution >= 4 is 28.7 Å². The van der Waals surface area contributed by atoms with E-state index in [1.165, 1.54) is 12.1 Å². The monoisotopic (exact) mass is 287 g/mol. The van der Waals surface area contributed by atoms with Crippen molar-refractivity contribution in [2.75, 3.05) is 23.1 Å². The van der Waals surface area contributed by atoms with E-state index in [4.69, 9.17) is 12.2 Å². The van der Waals surface area contributed by atoms with Gasteiger partial charge >= 0.3 is 0 Å². The van der Waals surface area contributed by atoms with Crippen molar-refractivity contribution in [2.24, 2.45) is 0 Å². The zero-order chi connectivity index (χ0) is 13.9. The molecule has 0 spiro atoms. The maximum absolute atomic E-state index is 13.3. The molecule has 1 saturated heterocycles. The predicted molar refractivity (Wildman–Crippen MR) is 83.3 cm³/mol. The SMILES string of the molecule is Fc1cccc(N2CNC(=S)N(c3ccccc3)C2)c1. The number of para-hydroxylation sites is 1. The highest BCUT2D eigenvalue weighted by Crippen LogP contribution is 2.21. The van der Waals surface area contributed by atoms with Crippen LogP contribution in [0.3, 0.4) is 0 Å². The van der Waals surface area contributed by atoms with Crippen molar-refractivity contribution in [3.05, 3.63) is 60.4 Å². The van der Waals surface area contributed by atoms with Crippen LogP contribution < -0.4 is 15.1 Å². The molecule has 0 atom stereocenters. The number of hydrogen-bond donors (Lipinski definition) is 1. The molecule has 1 N–H and O–H groups in total. The summed E-state index contributed by atoms with van der Waals surface area (Å²) in [5, 5.41) is 3.84. The lowest BCUT2D eigenvalue weighted by molar-refractivity contribution is 0.624. The summed E-state index contributed by atoms with van der Waals surface area (Å²) in [7, 11) is 0. The van der Waals surface area contributed by atoms with Gasteiger partial charge in [-0.25, -0.2) is 4.39 Å². The molecule has 0 saturated carbocycles. The van der Waals surface area contributed by atoms with Crippen LogP contribution in [0.2, 0.25) is 0 Å². The molecule has 5 heteroatoms. The third-order valence-electron chi connectivity index (χ3n) is 3.22. The topological polar surface area (TPSA) is 18.5 Å². The van der Waals surface area contributed by atoms with Crippen LogP contribution in [0, 0.1) is 5.82 Å². The Morgan fingerprint density at radius 1 is 1.00 bits per heavy atom. The fourth-order valence-electron chi connectivity index (χ4n) is 2.20. The molecule has 1 fully saturated rings. The molecule has 20 heavy (non-hydrogen) atoms. The van der Waals surface area contributed by atoms with Gasteiger partial charge in [0, 0.05) is 11.4 Å². The van der Waals surface area contributed by atoms with Gasteiger partial charge in [0.2, 0.25) is 0 Å². The summed E-state index contributed by atoms with van der Waals surface area (Å²) in [5.41, 5.74) is 1.85. The average Bonchev–Trinajstić information content (AvgIpc) is 2.48. The van der Waals surface area contributed by atoms with Crippen molar-refractivity contribution in [2.45, 2.75) is 0 Å². The lowest BCUT2D eigenvalue weighted by Gasteiger charge is -2.39. The van der Waals surface area contributed by atoms with Gasteiger partial charge in [0.25, 0.3) is 0 Å². The highest BCUT2D eigenvalue weighted by atomic mass is 32.1. The molecule has 1 aliphatic rings. The van der Waals surface area contributed by atoms with Crippen LogP contribution in [0.15, 0.2) is 54.6 Å². The summed E-state index contributed by atoms with van der Waals surface area (Å²) in [6.45, 7) is 1.17. The van der Waals surface area contributed by atoms with Gasteiger partial charge in [-0.3, -0.25) is 0 Å². The van der Waals surface area contributed by atoms with Crippen LogP contribution in [0.1, 0.15) is 0 Å². The summed E-state index contributed by atoms with van der Waals surface area (Å²) < 4.78 is 13.3. The third kappa shape index (κ3) is 2.58. The number of rotatable bonds is 2. The van der Waals surface area contributed by atoms with Crippen molar-refractivity contribution < 1.29 is 4.39 Å². The van der Waals surface area contributed by atoms with E-state index in [9.17, 15) is 4.39 Å². The standard InChI is InChI=1S/C15H14FN3S/c16-12-5-4-8-14(9-12)18-10-17-15(20)19(11-18)13-6-2-1-3-7-13/h1-9H,10-11H2,(H,17,20). The molecule has 2 aromatic rings. The Morgan fingerprint density at radius 2 is 1.75 bits per heavy atom. The van der Waals surface area contributed by atoms with Gasteiger partial charge in [-0.15, -0.1) is 0 Å². The van der Waals surface area contributed by atoms with Gasteiger partial charge in [-0.1, -0.05) is 24.3 Å². The first-order valence-corrected chi connectivity index (χ1v) is 6.76. The molecule has 0 aliphatic carbocycles. The highest BCUT2D eigenvalue weighted by molar-refractivity contribution is 7.80. The van der Waals surface area contributed by atoms with Gasteiger partial charge in [0.15, 0.2) is 5.11 Å². The average molecular weight is 287 g/mol. The summed E-state index contributed by atoms with van der Waals surface area (Å²) >= 11 is 5.35. The minimum absolute atomic E-state index is 0.234. The van der Waals surface area contributed by atoms with Crippen molar-refractivity contribution in [3.63, 3.8) is 0 Å². The van der Waals surface area contributed by atoms with E-state index in [2.05, 4.69) is 5.32 Å². The van der Waals surface area contributed by atoms with Crippen LogP contribution in [-0.2, 0) is 0 Å². The van der Waals surface area contributed by atoms with E-state index in [0.29, 0.717) is 18.4 Å². The minimum Gasteiger partial charge on any atom is -0.345 e. The quantitative estimate of drug-likeness (QED) is 0.856. The number of hydrogen-bond acceptors (Lipinski definition) is 2. The second-order valence-electron chi connectivity index (χ2n) is 4.56. The Labute approximate surface area is 122 Å². The second kappa shape index (κ2) is 5.46. The number of nitrogens with zero attached hydrogens (tertiary/aromatic N) is 2. The van der Waals surface area contributed by atoms with Crippen LogP contribution >= 0.6 is 12.2 Å². The zero-order valence-electron chi connectivity index (χ0n) is 10.8. The summed E-state index contributed by atoms with van der Waals surface area (Å²) in [5.74, 6) is -0.234. The summed E-state index contributed by atoms with van der Waals surface area (Å²) in [6.07, 6.45) is 0. The number of halogens is 1. The first-order chi connectivity index (χ1) is 9.74. The van der Waals surface area contributed by atoms with E-state index in [1.54, 1.807) is 6.07 Å². The number of benzene rings is 2. The first-order valence-electron chi connectivity index (χ1n) is 6.35. The van der Waals surface area contributed by atoms with Gasteiger partial charge in [0.05, 0.1) is 13.3 Å². The minimum atomic E-state index is -0.234. The van der Waals surface area contributed by atoms with Crippen molar-refractivity contribution in [3.8, 4) is 0 Å². The summed E-state index contributed by atoms with van der Waals surface area (Å²) in [4.78, 5) is 4.02. The van der Waals surface area contributed by atoms with Gasteiger partial charge in [0.1, 0.15) is 5.82 Å². The van der Waals surface area contributed by atoms with E-state index in [1.807, 2.05) is 46.2 Å². The fraction of sp³-hybridized carbons (Fsp3) is 0.133. The largest absolute Gasteiger partial charge is 0.345 e. The molecule has 0 radical (unpaired) electrons. The molecule has 0 unspecified atom stereocenters. The molecule has 1 heterocycles. The summed E-state index contributed by atoms with van der Waals surface area (Å²) in [6, 6.07) is 16.5. The number of anilines is 2. The molecule has 1 aliphatic heterocycles. The Hall–Kier alpha value is -2.14. The molecule has 0 aromatic heterocycles. The van der Waals surface area contributed by atoms with Gasteiger partial charge in [-0.05, 0) is 42.5 Å². The fourth-order valence-corrected chi connectivity index (χ4v) is 2.42. The molecule has 0 bridgehead atoms. The maximum Gasteiger partial charge on any atom is 0.176 e. The first kappa shape index (κ1) is 12.9. The Kier molecular flexibility index (Phi) is 3.52. The lowest BCUT2D eigenvalue weighted by atomic mass is 10.2. The molecule has 3 rings (SSSR count). The van der Waals surface area contributed by atoms with E-state index in [0.717, 1.165) is 11.4 Å². The van der Waals surface area contributed by atoms with Crippen molar-refractivity contribution in [1.82, 2.24) is 5.32 Å².